The molecule has 1 aromatic rings. The van der Waals surface area contributed by atoms with E-state index in [1.807, 2.05) is 13.8 Å². The normalized spacial score (nSPS) is 34.9. The fourth-order valence-electron chi connectivity index (χ4n) is 6.31. The molecular formula is C21H25F3O3. The van der Waals surface area contributed by atoms with Crippen LogP contribution in [0.5, 0.6) is 5.75 Å². The maximum absolute atomic E-state index is 13.6. The van der Waals surface area contributed by atoms with Crippen LogP contribution in [0, 0.1) is 29.6 Å². The van der Waals surface area contributed by atoms with Crippen molar-refractivity contribution in [1.82, 2.24) is 0 Å². The molecule has 4 fully saturated rings. The first-order chi connectivity index (χ1) is 12.6. The lowest BCUT2D eigenvalue weighted by atomic mass is 9.47. The molecule has 4 aliphatic rings. The Hall–Kier alpha value is -1.72. The Morgan fingerprint density at radius 3 is 2.11 bits per heavy atom. The number of ether oxygens (including phenoxy) is 1. The molecule has 0 spiro atoms. The lowest BCUT2D eigenvalue weighted by Crippen LogP contribution is -2.63. The summed E-state index contributed by atoms with van der Waals surface area (Å²) in [6.45, 7) is 4.05. The second-order valence-electron chi connectivity index (χ2n) is 8.93. The molecule has 27 heavy (non-hydrogen) atoms. The minimum atomic E-state index is -4.59. The van der Waals surface area contributed by atoms with Gasteiger partial charge in [0.2, 0.25) is 0 Å². The van der Waals surface area contributed by atoms with Gasteiger partial charge < -0.3 is 9.84 Å². The molecule has 1 N–H and O–H groups in total. The van der Waals surface area contributed by atoms with Crippen molar-refractivity contribution in [1.29, 1.82) is 0 Å². The van der Waals surface area contributed by atoms with Crippen molar-refractivity contribution >= 4 is 5.97 Å². The van der Waals surface area contributed by atoms with E-state index in [4.69, 9.17) is 4.74 Å². The fraction of sp³-hybridized carbons (Fsp3) is 0.667. The summed E-state index contributed by atoms with van der Waals surface area (Å²) in [5, 5.41) is 9.25. The van der Waals surface area contributed by atoms with E-state index >= 15 is 0 Å². The molecule has 0 saturated heterocycles. The van der Waals surface area contributed by atoms with Crippen molar-refractivity contribution in [2.75, 3.05) is 0 Å². The van der Waals surface area contributed by atoms with Crippen LogP contribution >= 0.6 is 0 Å². The zero-order valence-corrected chi connectivity index (χ0v) is 15.6. The first-order valence-electron chi connectivity index (χ1n) is 9.74. The smallest absolute Gasteiger partial charge is 0.419 e. The van der Waals surface area contributed by atoms with Crippen molar-refractivity contribution in [2.24, 2.45) is 29.6 Å². The highest BCUT2D eigenvalue weighted by atomic mass is 19.4. The molecule has 0 heterocycles. The second-order valence-corrected chi connectivity index (χ2v) is 8.93. The van der Waals surface area contributed by atoms with E-state index < -0.39 is 23.3 Å². The zero-order chi connectivity index (χ0) is 19.6. The van der Waals surface area contributed by atoms with Gasteiger partial charge in [0.25, 0.3) is 0 Å². The van der Waals surface area contributed by atoms with Gasteiger partial charge in [-0.25, -0.2) is 4.79 Å². The number of alkyl halides is 3. The van der Waals surface area contributed by atoms with Crippen LogP contribution in [-0.2, 0) is 6.18 Å². The SMILES string of the molecule is CC(C)C1(Oc2cc(C(=O)O)ccc2C(F)(F)F)C2CC3CC(C2)CC1C3. The van der Waals surface area contributed by atoms with Gasteiger partial charge in [-0.3, -0.25) is 0 Å². The maximum atomic E-state index is 13.6. The lowest BCUT2D eigenvalue weighted by molar-refractivity contribution is -0.184. The summed E-state index contributed by atoms with van der Waals surface area (Å²) in [4.78, 5) is 11.3. The first-order valence-corrected chi connectivity index (χ1v) is 9.74. The Kier molecular flexibility index (Phi) is 4.24. The average molecular weight is 382 g/mol. The standard InChI is InChI=1S/C21H25F3O3/c1-11(2)20(15-6-12-5-13(8-15)9-16(20)7-12)27-18-10-14(19(25)26)3-4-17(18)21(22,23)24/h3-4,10-13,15-16H,5-9H2,1-2H3,(H,25,26). The molecule has 4 saturated carbocycles. The number of rotatable bonds is 4. The molecule has 3 nitrogen and oxygen atoms in total. The number of benzene rings is 1. The number of aromatic carboxylic acids is 1. The van der Waals surface area contributed by atoms with Gasteiger partial charge in [-0.1, -0.05) is 13.8 Å². The molecule has 4 bridgehead atoms. The predicted octanol–water partition coefficient (Wildman–Crippen LogP) is 5.63. The molecule has 6 heteroatoms. The molecular weight excluding hydrogens is 357 g/mol. The van der Waals surface area contributed by atoms with Crippen LogP contribution in [0.25, 0.3) is 0 Å². The van der Waals surface area contributed by atoms with Crippen molar-refractivity contribution in [2.45, 2.75) is 57.7 Å². The summed E-state index contributed by atoms with van der Waals surface area (Å²) in [5.74, 6) is 0.278. The first kappa shape index (κ1) is 18.6. The van der Waals surface area contributed by atoms with Crippen LogP contribution in [-0.4, -0.2) is 16.7 Å². The lowest BCUT2D eigenvalue weighted by Gasteiger charge is -2.62. The number of hydrogen-bond acceptors (Lipinski definition) is 2. The molecule has 5 rings (SSSR count). The van der Waals surface area contributed by atoms with Gasteiger partial charge in [-0.05, 0) is 79.9 Å². The van der Waals surface area contributed by atoms with Gasteiger partial charge in [-0.15, -0.1) is 0 Å². The van der Waals surface area contributed by atoms with Gasteiger partial charge in [-0.2, -0.15) is 13.2 Å². The van der Waals surface area contributed by atoms with Crippen LogP contribution in [0.4, 0.5) is 13.2 Å². The molecule has 0 unspecified atom stereocenters. The van der Waals surface area contributed by atoms with E-state index in [-0.39, 0.29) is 29.1 Å². The molecule has 4 aliphatic carbocycles. The van der Waals surface area contributed by atoms with E-state index in [2.05, 4.69) is 0 Å². The van der Waals surface area contributed by atoms with Gasteiger partial charge >= 0.3 is 12.1 Å². The van der Waals surface area contributed by atoms with Crippen LogP contribution in [0.15, 0.2) is 18.2 Å². The van der Waals surface area contributed by atoms with Crippen LogP contribution < -0.4 is 4.74 Å². The summed E-state index contributed by atoms with van der Waals surface area (Å²) < 4.78 is 47.1. The molecule has 1 aromatic carbocycles. The Labute approximate surface area is 156 Å². The van der Waals surface area contributed by atoms with Crippen molar-refractivity contribution in [3.05, 3.63) is 29.3 Å². The molecule has 0 amide bonds. The van der Waals surface area contributed by atoms with E-state index in [1.165, 1.54) is 6.42 Å². The Balaban J connectivity index is 1.79. The quantitative estimate of drug-likeness (QED) is 0.734. The monoisotopic (exact) mass is 382 g/mol. The highest BCUT2D eigenvalue weighted by molar-refractivity contribution is 5.88. The molecule has 0 aliphatic heterocycles. The number of carboxylic acids is 1. The Bertz CT molecular complexity index is 726. The highest BCUT2D eigenvalue weighted by Gasteiger charge is 2.60. The van der Waals surface area contributed by atoms with Crippen LogP contribution in [0.3, 0.4) is 0 Å². The summed E-state index contributed by atoms with van der Waals surface area (Å²) >= 11 is 0. The molecule has 0 radical (unpaired) electrons. The van der Waals surface area contributed by atoms with E-state index in [0.29, 0.717) is 11.8 Å². The van der Waals surface area contributed by atoms with Crippen molar-refractivity contribution in [3.8, 4) is 5.75 Å². The largest absolute Gasteiger partial charge is 0.486 e. The Morgan fingerprint density at radius 1 is 1.11 bits per heavy atom. The van der Waals surface area contributed by atoms with E-state index in [0.717, 1.165) is 43.9 Å². The predicted molar refractivity (Wildman–Crippen MR) is 93.6 cm³/mol. The van der Waals surface area contributed by atoms with Gasteiger partial charge in [0.15, 0.2) is 0 Å². The number of carboxylic acid groups (broad SMARTS) is 1. The third-order valence-electron chi connectivity index (χ3n) is 7.14. The number of carbonyl (C=O) groups is 1. The topological polar surface area (TPSA) is 46.5 Å². The molecule has 148 valence electrons. The number of halogens is 3. The average Bonchev–Trinajstić information content (AvgIpc) is 2.56. The zero-order valence-electron chi connectivity index (χ0n) is 15.6. The Morgan fingerprint density at radius 2 is 1.67 bits per heavy atom. The summed E-state index contributed by atoms with van der Waals surface area (Å²) in [6.07, 6.45) is 0.673. The fourth-order valence-corrected chi connectivity index (χ4v) is 6.31. The second kappa shape index (κ2) is 6.14. The van der Waals surface area contributed by atoms with Crippen molar-refractivity contribution in [3.63, 3.8) is 0 Å². The summed E-state index contributed by atoms with van der Waals surface area (Å²) in [5.41, 5.74) is -1.72. The van der Waals surface area contributed by atoms with Crippen LogP contribution in [0.1, 0.15) is 61.9 Å². The minimum Gasteiger partial charge on any atom is -0.486 e. The molecule has 0 atom stereocenters. The van der Waals surface area contributed by atoms with E-state index in [9.17, 15) is 23.1 Å². The summed E-state index contributed by atoms with van der Waals surface area (Å²) in [7, 11) is 0. The number of hydrogen-bond donors (Lipinski definition) is 1. The third kappa shape index (κ3) is 2.92. The highest BCUT2D eigenvalue weighted by Crippen LogP contribution is 2.62. The van der Waals surface area contributed by atoms with Gasteiger partial charge in [0.1, 0.15) is 11.4 Å². The summed E-state index contributed by atoms with van der Waals surface area (Å²) in [6, 6.07) is 2.89. The minimum absolute atomic E-state index is 0.0575. The van der Waals surface area contributed by atoms with Gasteiger partial charge in [0.05, 0.1) is 11.1 Å². The maximum Gasteiger partial charge on any atom is 0.419 e. The van der Waals surface area contributed by atoms with E-state index in [1.54, 1.807) is 0 Å². The van der Waals surface area contributed by atoms with Crippen molar-refractivity contribution < 1.29 is 27.8 Å². The molecule has 0 aromatic heterocycles. The van der Waals surface area contributed by atoms with Crippen LogP contribution in [0.2, 0.25) is 0 Å². The third-order valence-corrected chi connectivity index (χ3v) is 7.14. The van der Waals surface area contributed by atoms with Gasteiger partial charge in [0, 0.05) is 0 Å².